The molecule has 0 saturated carbocycles. The van der Waals surface area contributed by atoms with Crippen LogP contribution in [0.3, 0.4) is 0 Å². The van der Waals surface area contributed by atoms with E-state index < -0.39 is 69.5 Å². The van der Waals surface area contributed by atoms with Gasteiger partial charge in [-0.05, 0) is 54.6 Å². The van der Waals surface area contributed by atoms with Crippen LogP contribution < -0.4 is 24.7 Å². The lowest BCUT2D eigenvalue weighted by molar-refractivity contribution is -0.138. The number of nitrogens with zero attached hydrogens (tertiary/aromatic N) is 1. The predicted octanol–water partition coefficient (Wildman–Crippen LogP) is 5.27. The van der Waals surface area contributed by atoms with E-state index in [-0.39, 0.29) is 22.9 Å². The molecule has 1 atom stereocenters. The maximum Gasteiger partial charge on any atom is 0.416 e. The SMILES string of the molecule is O=C(O)Nc1ccc2c(c1)N(S(=O)(=O)c1cccc(C(F)(F)F)c1)CC(CC(=O)NOc1cccc(C(F)(F)F)c1)O2. The van der Waals surface area contributed by atoms with E-state index >= 15 is 0 Å². The van der Waals surface area contributed by atoms with Crippen LogP contribution in [0.15, 0.2) is 71.6 Å². The summed E-state index contributed by atoms with van der Waals surface area (Å²) in [5.74, 6) is -1.42. The van der Waals surface area contributed by atoms with Gasteiger partial charge < -0.3 is 14.7 Å². The summed E-state index contributed by atoms with van der Waals surface area (Å²) < 4.78 is 112. The normalized spacial score (nSPS) is 15.3. The van der Waals surface area contributed by atoms with Crippen molar-refractivity contribution in [2.24, 2.45) is 0 Å². The maximum absolute atomic E-state index is 13.6. The molecule has 1 aliphatic rings. The van der Waals surface area contributed by atoms with Crippen molar-refractivity contribution in [2.75, 3.05) is 16.2 Å². The van der Waals surface area contributed by atoms with Crippen LogP contribution in [0.4, 0.5) is 42.5 Å². The number of alkyl halides is 6. The van der Waals surface area contributed by atoms with Crippen molar-refractivity contribution in [1.82, 2.24) is 5.48 Å². The molecule has 0 spiro atoms. The number of hydrogen-bond acceptors (Lipinski definition) is 6. The minimum atomic E-state index is -4.85. The van der Waals surface area contributed by atoms with Crippen LogP contribution in [-0.2, 0) is 27.2 Å². The first-order valence-corrected chi connectivity index (χ1v) is 13.1. The molecule has 3 N–H and O–H groups in total. The van der Waals surface area contributed by atoms with Crippen molar-refractivity contribution in [1.29, 1.82) is 0 Å². The van der Waals surface area contributed by atoms with Crippen molar-refractivity contribution in [3.8, 4) is 11.5 Å². The molecule has 0 bridgehead atoms. The van der Waals surface area contributed by atoms with Gasteiger partial charge in [0.1, 0.15) is 11.9 Å². The molecule has 0 radical (unpaired) electrons. The minimum Gasteiger partial charge on any atom is -0.486 e. The van der Waals surface area contributed by atoms with Gasteiger partial charge in [-0.15, -0.1) is 0 Å². The van der Waals surface area contributed by atoms with Gasteiger partial charge in [-0.25, -0.2) is 13.2 Å². The van der Waals surface area contributed by atoms with E-state index in [4.69, 9.17) is 14.7 Å². The van der Waals surface area contributed by atoms with Gasteiger partial charge in [-0.2, -0.15) is 31.8 Å². The van der Waals surface area contributed by atoms with E-state index in [1.54, 1.807) is 0 Å². The minimum absolute atomic E-state index is 0.0835. The number of nitrogens with one attached hydrogen (secondary N) is 2. The van der Waals surface area contributed by atoms with Crippen LogP contribution in [0.1, 0.15) is 17.5 Å². The Balaban J connectivity index is 1.60. The van der Waals surface area contributed by atoms with E-state index in [1.807, 2.05) is 10.8 Å². The average molecular weight is 619 g/mol. The van der Waals surface area contributed by atoms with Crippen molar-refractivity contribution < 1.29 is 59.0 Å². The first-order chi connectivity index (χ1) is 19.5. The van der Waals surface area contributed by atoms with E-state index in [2.05, 4.69) is 0 Å². The number of benzene rings is 3. The summed E-state index contributed by atoms with van der Waals surface area (Å²) >= 11 is 0. The molecule has 42 heavy (non-hydrogen) atoms. The van der Waals surface area contributed by atoms with Crippen LogP contribution in [-0.4, -0.2) is 38.2 Å². The predicted molar refractivity (Wildman–Crippen MR) is 133 cm³/mol. The van der Waals surface area contributed by atoms with Crippen LogP contribution in [0.2, 0.25) is 0 Å². The molecule has 2 amide bonds. The number of hydroxylamine groups is 1. The Morgan fingerprint density at radius 2 is 1.60 bits per heavy atom. The standard InChI is InChI=1S/C25H19F6N3O7S/c26-24(27,28)14-3-1-5-17(9-14)41-33-22(35)12-18-13-34(20-11-16(32-23(36)37)7-8-21(20)40-18)42(38,39)19-6-2-4-15(10-19)25(29,30)31/h1-11,18,32H,12-13H2,(H,33,35)(H,36,37). The first-order valence-electron chi connectivity index (χ1n) is 11.7. The molecule has 10 nitrogen and oxygen atoms in total. The van der Waals surface area contributed by atoms with Gasteiger partial charge in [-0.3, -0.25) is 14.4 Å². The third-order valence-electron chi connectivity index (χ3n) is 5.75. The fraction of sp³-hybridized carbons (Fsp3) is 0.200. The number of sulfonamides is 1. The third kappa shape index (κ3) is 6.96. The monoisotopic (exact) mass is 619 g/mol. The lowest BCUT2D eigenvalue weighted by Crippen LogP contribution is -2.45. The topological polar surface area (TPSA) is 134 Å². The first kappa shape index (κ1) is 30.3. The average Bonchev–Trinajstić information content (AvgIpc) is 2.90. The highest BCUT2D eigenvalue weighted by Crippen LogP contribution is 2.40. The highest BCUT2D eigenvalue weighted by molar-refractivity contribution is 7.92. The van der Waals surface area contributed by atoms with Gasteiger partial charge >= 0.3 is 18.4 Å². The Bertz CT molecular complexity index is 1610. The van der Waals surface area contributed by atoms with E-state index in [1.165, 1.54) is 12.1 Å². The summed E-state index contributed by atoms with van der Waals surface area (Å²) in [6.45, 7) is -0.612. The number of amides is 2. The maximum atomic E-state index is 13.6. The van der Waals surface area contributed by atoms with Crippen LogP contribution in [0.5, 0.6) is 11.5 Å². The molecule has 17 heteroatoms. The highest BCUT2D eigenvalue weighted by atomic mass is 32.2. The number of rotatable bonds is 7. The molecule has 0 fully saturated rings. The summed E-state index contributed by atoms with van der Waals surface area (Å²) in [6.07, 6.45) is -12.8. The molecule has 1 heterocycles. The molecule has 1 unspecified atom stereocenters. The van der Waals surface area contributed by atoms with Crippen LogP contribution in [0.25, 0.3) is 0 Å². The van der Waals surface area contributed by atoms with E-state index in [9.17, 15) is 44.3 Å². The van der Waals surface area contributed by atoms with Gasteiger partial charge in [0, 0.05) is 5.69 Å². The molecule has 1 aliphatic heterocycles. The molecule has 0 aliphatic carbocycles. The fourth-order valence-electron chi connectivity index (χ4n) is 3.91. The number of fused-ring (bicyclic) bond motifs is 1. The second-order valence-corrected chi connectivity index (χ2v) is 10.6. The summed E-state index contributed by atoms with van der Waals surface area (Å²) in [4.78, 5) is 27.8. The van der Waals surface area contributed by atoms with E-state index in [0.717, 1.165) is 36.4 Å². The fourth-order valence-corrected chi connectivity index (χ4v) is 5.45. The van der Waals surface area contributed by atoms with Crippen molar-refractivity contribution in [2.45, 2.75) is 29.8 Å². The number of carbonyl (C=O) groups excluding carboxylic acids is 1. The van der Waals surface area contributed by atoms with Gasteiger partial charge in [0.25, 0.3) is 15.9 Å². The Labute approximate surface area is 233 Å². The highest BCUT2D eigenvalue weighted by Gasteiger charge is 2.38. The summed E-state index contributed by atoms with van der Waals surface area (Å²) in [5, 5.41) is 11.0. The molecule has 3 aromatic rings. The molecule has 0 saturated heterocycles. The summed E-state index contributed by atoms with van der Waals surface area (Å²) in [5.41, 5.74) is -0.644. The van der Waals surface area contributed by atoms with Gasteiger partial charge in [0.05, 0.1) is 34.7 Å². The van der Waals surface area contributed by atoms with Gasteiger partial charge in [0.2, 0.25) is 0 Å². The lowest BCUT2D eigenvalue weighted by Gasteiger charge is -2.35. The molecular weight excluding hydrogens is 600 g/mol. The molecule has 224 valence electrons. The zero-order chi connectivity index (χ0) is 30.9. The number of halogens is 6. The second kappa shape index (κ2) is 11.3. The number of ether oxygens (including phenoxy) is 1. The molecule has 0 aromatic heterocycles. The Hall–Kier alpha value is -4.67. The zero-order valence-electron chi connectivity index (χ0n) is 20.9. The third-order valence-corrected chi connectivity index (χ3v) is 7.52. The van der Waals surface area contributed by atoms with Gasteiger partial charge in [-0.1, -0.05) is 12.1 Å². The Kier molecular flexibility index (Phi) is 8.15. The molecule has 3 aromatic carbocycles. The lowest BCUT2D eigenvalue weighted by atomic mass is 10.1. The summed E-state index contributed by atoms with van der Waals surface area (Å²) in [7, 11) is -4.74. The number of carboxylic acid groups (broad SMARTS) is 1. The van der Waals surface area contributed by atoms with Crippen molar-refractivity contribution in [3.05, 3.63) is 77.9 Å². The smallest absolute Gasteiger partial charge is 0.416 e. The largest absolute Gasteiger partial charge is 0.486 e. The second-order valence-electron chi connectivity index (χ2n) is 8.77. The van der Waals surface area contributed by atoms with Gasteiger partial charge in [0.15, 0.2) is 5.75 Å². The zero-order valence-corrected chi connectivity index (χ0v) is 21.7. The summed E-state index contributed by atoms with van der Waals surface area (Å²) in [6, 6.07) is 10.1. The Morgan fingerprint density at radius 3 is 2.24 bits per heavy atom. The van der Waals surface area contributed by atoms with Crippen LogP contribution >= 0.6 is 0 Å². The van der Waals surface area contributed by atoms with Crippen LogP contribution in [0, 0.1) is 0 Å². The molecule has 4 rings (SSSR count). The van der Waals surface area contributed by atoms with E-state index in [0.29, 0.717) is 22.5 Å². The number of hydrogen-bond donors (Lipinski definition) is 3. The number of anilines is 2. The molecular formula is C25H19F6N3O7S. The quantitative estimate of drug-likeness (QED) is 0.242. The Morgan fingerprint density at radius 1 is 0.952 bits per heavy atom. The van der Waals surface area contributed by atoms with Crippen molar-refractivity contribution in [3.63, 3.8) is 0 Å². The van der Waals surface area contributed by atoms with Crippen molar-refractivity contribution >= 4 is 33.4 Å². The number of carbonyl (C=O) groups is 2.